The molecule has 32 heavy (non-hydrogen) atoms. The molecule has 1 aromatic heterocycles. The number of methoxy groups -OCH3 is 1. The van der Waals surface area contributed by atoms with Gasteiger partial charge in [0.05, 0.1) is 26.0 Å². The van der Waals surface area contributed by atoms with Crippen LogP contribution in [-0.4, -0.2) is 31.2 Å². The van der Waals surface area contributed by atoms with Crippen molar-refractivity contribution >= 4 is 28.5 Å². The minimum Gasteiger partial charge on any atom is -0.494 e. The fourth-order valence-corrected chi connectivity index (χ4v) is 3.62. The molecule has 3 rings (SSSR count). The van der Waals surface area contributed by atoms with Crippen LogP contribution in [0.25, 0.3) is 17.3 Å². The first kappa shape index (κ1) is 23.3. The number of hydrogen-bond donors (Lipinski definition) is 1. The van der Waals surface area contributed by atoms with Crippen molar-refractivity contribution < 1.29 is 19.0 Å². The van der Waals surface area contributed by atoms with Gasteiger partial charge >= 0.3 is 0 Å². The normalized spacial score (nSPS) is 10.8. The highest BCUT2D eigenvalue weighted by Gasteiger charge is 2.08. The van der Waals surface area contributed by atoms with Crippen molar-refractivity contribution in [3.8, 4) is 28.5 Å². The van der Waals surface area contributed by atoms with Gasteiger partial charge in [0.15, 0.2) is 16.6 Å². The van der Waals surface area contributed by atoms with Crippen molar-refractivity contribution in [1.82, 2.24) is 4.98 Å². The molecule has 2 aromatic carbocycles. The third-order valence-electron chi connectivity index (χ3n) is 4.57. The molecule has 7 heteroatoms. The van der Waals surface area contributed by atoms with Gasteiger partial charge in [-0.1, -0.05) is 19.4 Å². The van der Waals surface area contributed by atoms with E-state index < -0.39 is 0 Å². The van der Waals surface area contributed by atoms with Crippen LogP contribution in [-0.2, 0) is 4.79 Å². The number of ether oxygens (including phenoxy) is 3. The molecular formula is C25H28N2O4S. The minimum atomic E-state index is -0.251. The highest BCUT2D eigenvalue weighted by molar-refractivity contribution is 7.14. The molecule has 0 radical (unpaired) electrons. The minimum absolute atomic E-state index is 0.251. The summed E-state index contributed by atoms with van der Waals surface area (Å²) < 4.78 is 16.5. The van der Waals surface area contributed by atoms with Crippen molar-refractivity contribution in [2.24, 2.45) is 0 Å². The van der Waals surface area contributed by atoms with E-state index in [0.29, 0.717) is 23.2 Å². The maximum Gasteiger partial charge on any atom is 0.250 e. The SMILES string of the molecule is CCCCOc1ccc(-c2csc(NC(=O)/C=C/c3ccc(OCC)c(OC)c3)n2)cc1. The summed E-state index contributed by atoms with van der Waals surface area (Å²) in [6.45, 7) is 5.33. The summed E-state index contributed by atoms with van der Waals surface area (Å²) in [5.41, 5.74) is 2.62. The molecule has 1 N–H and O–H groups in total. The Morgan fingerprint density at radius 1 is 1.09 bits per heavy atom. The predicted molar refractivity (Wildman–Crippen MR) is 130 cm³/mol. The molecule has 168 valence electrons. The molecule has 0 atom stereocenters. The number of nitrogens with one attached hydrogen (secondary N) is 1. The fourth-order valence-electron chi connectivity index (χ4n) is 2.90. The van der Waals surface area contributed by atoms with E-state index in [4.69, 9.17) is 14.2 Å². The smallest absolute Gasteiger partial charge is 0.250 e. The molecule has 0 saturated heterocycles. The Morgan fingerprint density at radius 3 is 2.62 bits per heavy atom. The van der Waals surface area contributed by atoms with E-state index >= 15 is 0 Å². The van der Waals surface area contributed by atoms with Gasteiger partial charge in [-0.05, 0) is 61.4 Å². The highest BCUT2D eigenvalue weighted by Crippen LogP contribution is 2.29. The van der Waals surface area contributed by atoms with Crippen molar-refractivity contribution in [3.05, 3.63) is 59.5 Å². The van der Waals surface area contributed by atoms with Crippen molar-refractivity contribution in [2.75, 3.05) is 25.6 Å². The topological polar surface area (TPSA) is 69.7 Å². The van der Waals surface area contributed by atoms with E-state index in [0.717, 1.165) is 42.0 Å². The maximum atomic E-state index is 12.3. The molecule has 0 aliphatic heterocycles. The molecule has 0 fully saturated rings. The standard InChI is InChI=1S/C25H28N2O4S/c1-4-6-15-31-20-11-9-19(10-12-20)21-17-32-25(26-21)27-24(28)14-8-18-7-13-22(30-5-2)23(16-18)29-3/h7-14,16-17H,4-6,15H2,1-3H3,(H,26,27,28)/b14-8+. The summed E-state index contributed by atoms with van der Waals surface area (Å²) in [5.74, 6) is 1.90. The van der Waals surface area contributed by atoms with E-state index in [-0.39, 0.29) is 5.91 Å². The van der Waals surface area contributed by atoms with E-state index in [1.807, 2.05) is 54.8 Å². The van der Waals surface area contributed by atoms with Crippen molar-refractivity contribution in [1.29, 1.82) is 0 Å². The molecule has 0 bridgehead atoms. The summed E-state index contributed by atoms with van der Waals surface area (Å²) >= 11 is 1.38. The summed E-state index contributed by atoms with van der Waals surface area (Å²) in [4.78, 5) is 16.8. The second kappa shape index (κ2) is 11.9. The van der Waals surface area contributed by atoms with Crippen molar-refractivity contribution in [3.63, 3.8) is 0 Å². The number of hydrogen-bond acceptors (Lipinski definition) is 6. The quantitative estimate of drug-likeness (QED) is 0.283. The monoisotopic (exact) mass is 452 g/mol. The number of amides is 1. The van der Waals surface area contributed by atoms with Crippen LogP contribution in [0.15, 0.2) is 53.9 Å². The first-order valence-corrected chi connectivity index (χ1v) is 11.5. The molecule has 1 amide bonds. The van der Waals surface area contributed by atoms with E-state index in [1.54, 1.807) is 13.2 Å². The number of carbonyl (C=O) groups is 1. The summed E-state index contributed by atoms with van der Waals surface area (Å²) in [5, 5.41) is 5.27. The number of rotatable bonds is 11. The van der Waals surface area contributed by atoms with E-state index in [1.165, 1.54) is 17.4 Å². The Hall–Kier alpha value is -3.32. The largest absolute Gasteiger partial charge is 0.494 e. The van der Waals surface area contributed by atoms with Gasteiger partial charge in [0.2, 0.25) is 5.91 Å². The lowest BCUT2D eigenvalue weighted by Gasteiger charge is -2.09. The molecule has 1 heterocycles. The number of carbonyl (C=O) groups excluding carboxylic acids is 1. The lowest BCUT2D eigenvalue weighted by atomic mass is 10.2. The third kappa shape index (κ3) is 6.59. The maximum absolute atomic E-state index is 12.3. The molecular weight excluding hydrogens is 424 g/mol. The number of nitrogens with zero attached hydrogens (tertiary/aromatic N) is 1. The molecule has 6 nitrogen and oxygen atoms in total. The Balaban J connectivity index is 1.58. The molecule has 3 aromatic rings. The summed E-state index contributed by atoms with van der Waals surface area (Å²) in [6.07, 6.45) is 5.34. The Labute approximate surface area is 192 Å². The van der Waals surface area contributed by atoms with Crippen LogP contribution >= 0.6 is 11.3 Å². The lowest BCUT2D eigenvalue weighted by Crippen LogP contribution is -2.07. The van der Waals surface area contributed by atoms with Crippen LogP contribution in [0.4, 0.5) is 5.13 Å². The van der Waals surface area contributed by atoms with Crippen LogP contribution < -0.4 is 19.5 Å². The number of thiazole rings is 1. The highest BCUT2D eigenvalue weighted by atomic mass is 32.1. The van der Waals surface area contributed by atoms with Gasteiger partial charge in [-0.2, -0.15) is 0 Å². The zero-order valence-corrected chi connectivity index (χ0v) is 19.4. The van der Waals surface area contributed by atoms with Crippen LogP contribution in [0.5, 0.6) is 17.2 Å². The third-order valence-corrected chi connectivity index (χ3v) is 5.32. The van der Waals surface area contributed by atoms with Gasteiger partial charge in [0.25, 0.3) is 0 Å². The Morgan fingerprint density at radius 2 is 1.91 bits per heavy atom. The average Bonchev–Trinajstić information content (AvgIpc) is 3.27. The van der Waals surface area contributed by atoms with E-state index in [2.05, 4.69) is 17.2 Å². The fraction of sp³-hybridized carbons (Fsp3) is 0.280. The zero-order valence-electron chi connectivity index (χ0n) is 18.6. The molecule has 0 spiro atoms. The number of unbranched alkanes of at least 4 members (excludes halogenated alkanes) is 1. The predicted octanol–water partition coefficient (Wildman–Crippen LogP) is 6.05. The van der Waals surface area contributed by atoms with Gasteiger partial charge < -0.3 is 14.2 Å². The van der Waals surface area contributed by atoms with Crippen LogP contribution in [0.3, 0.4) is 0 Å². The van der Waals surface area contributed by atoms with Crippen LogP contribution in [0.1, 0.15) is 32.3 Å². The molecule has 0 saturated carbocycles. The van der Waals surface area contributed by atoms with Gasteiger partial charge in [-0.15, -0.1) is 11.3 Å². The number of anilines is 1. The first-order valence-electron chi connectivity index (χ1n) is 10.6. The van der Waals surface area contributed by atoms with Crippen LogP contribution in [0.2, 0.25) is 0 Å². The molecule has 0 aliphatic carbocycles. The van der Waals surface area contributed by atoms with Crippen molar-refractivity contribution in [2.45, 2.75) is 26.7 Å². The molecule has 0 aliphatic rings. The van der Waals surface area contributed by atoms with Gasteiger partial charge in [-0.25, -0.2) is 4.98 Å². The zero-order chi connectivity index (χ0) is 22.8. The second-order valence-corrected chi connectivity index (χ2v) is 7.79. The van der Waals surface area contributed by atoms with Crippen LogP contribution in [0, 0.1) is 0 Å². The summed E-state index contributed by atoms with van der Waals surface area (Å²) in [6, 6.07) is 13.3. The first-order chi connectivity index (χ1) is 15.6. The Kier molecular flexibility index (Phi) is 8.69. The van der Waals surface area contributed by atoms with Gasteiger partial charge in [0.1, 0.15) is 5.75 Å². The Bertz CT molecular complexity index is 1040. The summed E-state index contributed by atoms with van der Waals surface area (Å²) in [7, 11) is 1.59. The lowest BCUT2D eigenvalue weighted by molar-refractivity contribution is -0.111. The second-order valence-electron chi connectivity index (χ2n) is 6.93. The molecule has 0 unspecified atom stereocenters. The van der Waals surface area contributed by atoms with E-state index in [9.17, 15) is 4.79 Å². The van der Waals surface area contributed by atoms with Gasteiger partial charge in [0, 0.05) is 17.0 Å². The average molecular weight is 453 g/mol. The number of aromatic nitrogens is 1. The number of benzene rings is 2. The van der Waals surface area contributed by atoms with Gasteiger partial charge in [-0.3, -0.25) is 10.1 Å².